The van der Waals surface area contributed by atoms with Gasteiger partial charge in [0.2, 0.25) is 0 Å². The molecule has 82 valence electrons. The number of nitrogens with two attached hydrogens (primary N) is 1. The van der Waals surface area contributed by atoms with Crippen LogP contribution in [0.25, 0.3) is 0 Å². The van der Waals surface area contributed by atoms with Crippen molar-refractivity contribution in [3.05, 3.63) is 0 Å². The smallest absolute Gasteiger partial charge is 0.323 e. The molecule has 1 fully saturated rings. The Morgan fingerprint density at radius 1 is 1.64 bits per heavy atom. The zero-order valence-electron chi connectivity index (χ0n) is 8.95. The van der Waals surface area contributed by atoms with E-state index in [1.807, 2.05) is 6.92 Å². The van der Waals surface area contributed by atoms with Gasteiger partial charge >= 0.3 is 5.97 Å². The fourth-order valence-electron chi connectivity index (χ4n) is 1.61. The molecule has 0 aromatic carbocycles. The van der Waals surface area contributed by atoms with E-state index >= 15 is 0 Å². The molecule has 0 aliphatic carbocycles. The van der Waals surface area contributed by atoms with Crippen molar-refractivity contribution in [1.29, 1.82) is 0 Å². The summed E-state index contributed by atoms with van der Waals surface area (Å²) in [5.41, 5.74) is 5.57. The Balaban J connectivity index is 2.32. The van der Waals surface area contributed by atoms with E-state index in [9.17, 15) is 4.79 Å². The van der Waals surface area contributed by atoms with Gasteiger partial charge in [0, 0.05) is 6.54 Å². The van der Waals surface area contributed by atoms with Gasteiger partial charge in [0.1, 0.15) is 12.1 Å². The second kappa shape index (κ2) is 5.32. The van der Waals surface area contributed by atoms with Crippen molar-refractivity contribution in [1.82, 2.24) is 5.32 Å². The molecule has 4 nitrogen and oxygen atoms in total. The average molecular weight is 200 g/mol. The summed E-state index contributed by atoms with van der Waals surface area (Å²) < 4.78 is 5.29. The Hall–Kier alpha value is -0.610. The van der Waals surface area contributed by atoms with E-state index < -0.39 is 6.04 Å². The van der Waals surface area contributed by atoms with E-state index in [0.717, 1.165) is 19.5 Å². The monoisotopic (exact) mass is 200 g/mol. The van der Waals surface area contributed by atoms with E-state index in [0.29, 0.717) is 12.3 Å². The lowest BCUT2D eigenvalue weighted by Gasteiger charge is -2.28. The van der Waals surface area contributed by atoms with Gasteiger partial charge in [-0.25, -0.2) is 0 Å². The molecular weight excluding hydrogens is 180 g/mol. The molecule has 4 heteroatoms. The first-order chi connectivity index (χ1) is 6.63. The van der Waals surface area contributed by atoms with Crippen molar-refractivity contribution in [2.45, 2.75) is 38.8 Å². The van der Waals surface area contributed by atoms with Crippen LogP contribution in [0.5, 0.6) is 0 Å². The fourth-order valence-corrected chi connectivity index (χ4v) is 1.61. The topological polar surface area (TPSA) is 64.4 Å². The summed E-state index contributed by atoms with van der Waals surface area (Å²) in [6, 6.07) is -0.466. The molecule has 1 aliphatic heterocycles. The van der Waals surface area contributed by atoms with E-state index in [1.54, 1.807) is 0 Å². The van der Waals surface area contributed by atoms with Crippen LogP contribution in [0, 0.1) is 5.92 Å². The molecule has 0 aromatic heterocycles. The Labute approximate surface area is 85.2 Å². The molecule has 1 heterocycles. The highest BCUT2D eigenvalue weighted by Crippen LogP contribution is 2.13. The summed E-state index contributed by atoms with van der Waals surface area (Å²) in [4.78, 5) is 11.4. The first-order valence-electron chi connectivity index (χ1n) is 5.30. The minimum atomic E-state index is -0.466. The molecular formula is C10H20N2O2. The summed E-state index contributed by atoms with van der Waals surface area (Å²) in [6.45, 7) is 5.79. The van der Waals surface area contributed by atoms with Crippen LogP contribution in [0.2, 0.25) is 0 Å². The number of hydrogen-bond acceptors (Lipinski definition) is 4. The molecule has 14 heavy (non-hydrogen) atoms. The van der Waals surface area contributed by atoms with Gasteiger partial charge in [-0.3, -0.25) is 4.79 Å². The lowest BCUT2D eigenvalue weighted by atomic mass is 10.00. The maximum Gasteiger partial charge on any atom is 0.323 e. The van der Waals surface area contributed by atoms with Crippen molar-refractivity contribution in [3.63, 3.8) is 0 Å². The fraction of sp³-hybridized carbons (Fsp3) is 0.900. The first kappa shape index (κ1) is 11.5. The van der Waals surface area contributed by atoms with Crippen molar-refractivity contribution >= 4 is 5.97 Å². The average Bonchev–Trinajstić information content (AvgIpc) is 2.16. The highest BCUT2D eigenvalue weighted by molar-refractivity contribution is 5.75. The van der Waals surface area contributed by atoms with Gasteiger partial charge in [-0.15, -0.1) is 0 Å². The van der Waals surface area contributed by atoms with Gasteiger partial charge in [0.05, 0.1) is 0 Å². The third kappa shape index (κ3) is 3.27. The Kier molecular flexibility index (Phi) is 4.35. The predicted octanol–water partition coefficient (Wildman–Crippen LogP) is 0.265. The van der Waals surface area contributed by atoms with Crippen LogP contribution in [0.4, 0.5) is 0 Å². The van der Waals surface area contributed by atoms with Gasteiger partial charge in [-0.05, 0) is 25.3 Å². The van der Waals surface area contributed by atoms with E-state index in [-0.39, 0.29) is 12.1 Å². The molecule has 0 saturated carbocycles. The maximum absolute atomic E-state index is 11.4. The number of carbonyl (C=O) groups excluding carboxylic acids is 1. The highest BCUT2D eigenvalue weighted by Gasteiger charge is 2.23. The van der Waals surface area contributed by atoms with Crippen molar-refractivity contribution in [3.8, 4) is 0 Å². The Morgan fingerprint density at radius 3 is 2.93 bits per heavy atom. The van der Waals surface area contributed by atoms with E-state index in [4.69, 9.17) is 10.5 Å². The van der Waals surface area contributed by atoms with Crippen molar-refractivity contribution < 1.29 is 9.53 Å². The molecule has 0 spiro atoms. The predicted molar refractivity (Wildman–Crippen MR) is 54.8 cm³/mol. The molecule has 1 aliphatic rings. The Bertz CT molecular complexity index is 197. The van der Waals surface area contributed by atoms with Crippen molar-refractivity contribution in [2.75, 3.05) is 13.1 Å². The van der Waals surface area contributed by atoms with Crippen LogP contribution in [-0.2, 0) is 9.53 Å². The standard InChI is InChI=1S/C10H20N2O2/c1-3-9(11)10(13)14-8-4-7(2)5-12-6-8/h7-9,12H,3-6,11H2,1-2H3/t7-,8+,9?/m1/s1. The van der Waals surface area contributed by atoms with Crippen LogP contribution < -0.4 is 11.1 Å². The number of rotatable bonds is 3. The van der Waals surface area contributed by atoms with E-state index in [1.165, 1.54) is 0 Å². The van der Waals surface area contributed by atoms with Gasteiger partial charge in [0.15, 0.2) is 0 Å². The lowest BCUT2D eigenvalue weighted by Crippen LogP contribution is -2.43. The summed E-state index contributed by atoms with van der Waals surface area (Å²) in [5.74, 6) is 0.299. The number of carbonyl (C=O) groups is 1. The molecule has 0 amide bonds. The quantitative estimate of drug-likeness (QED) is 0.642. The summed E-state index contributed by atoms with van der Waals surface area (Å²) in [7, 11) is 0. The zero-order chi connectivity index (χ0) is 10.6. The molecule has 1 saturated heterocycles. The van der Waals surface area contributed by atoms with Gasteiger partial charge < -0.3 is 15.8 Å². The van der Waals surface area contributed by atoms with Crippen LogP contribution >= 0.6 is 0 Å². The highest BCUT2D eigenvalue weighted by atomic mass is 16.5. The van der Waals surface area contributed by atoms with Crippen molar-refractivity contribution in [2.24, 2.45) is 11.7 Å². The number of piperidine rings is 1. The summed E-state index contributed by atoms with van der Waals surface area (Å²) >= 11 is 0. The minimum absolute atomic E-state index is 0.00356. The number of ether oxygens (including phenoxy) is 1. The first-order valence-corrected chi connectivity index (χ1v) is 5.30. The maximum atomic E-state index is 11.4. The molecule has 1 rings (SSSR count). The second-order valence-electron chi connectivity index (χ2n) is 4.07. The van der Waals surface area contributed by atoms with Gasteiger partial charge in [0.25, 0.3) is 0 Å². The molecule has 1 unspecified atom stereocenters. The number of hydrogen-bond donors (Lipinski definition) is 2. The molecule has 3 atom stereocenters. The lowest BCUT2D eigenvalue weighted by molar-refractivity contribution is -0.152. The molecule has 0 radical (unpaired) electrons. The SMILES string of the molecule is CCC(N)C(=O)O[C@@H]1CNC[C@H](C)C1. The molecule has 3 N–H and O–H groups in total. The van der Waals surface area contributed by atoms with Crippen LogP contribution in [0.15, 0.2) is 0 Å². The largest absolute Gasteiger partial charge is 0.460 e. The van der Waals surface area contributed by atoms with Crippen LogP contribution in [0.1, 0.15) is 26.7 Å². The number of esters is 1. The summed E-state index contributed by atoms with van der Waals surface area (Å²) in [6.07, 6.45) is 1.58. The van der Waals surface area contributed by atoms with Crippen LogP contribution in [-0.4, -0.2) is 31.2 Å². The third-order valence-electron chi connectivity index (χ3n) is 2.56. The van der Waals surface area contributed by atoms with Crippen LogP contribution in [0.3, 0.4) is 0 Å². The second-order valence-corrected chi connectivity index (χ2v) is 4.07. The summed E-state index contributed by atoms with van der Waals surface area (Å²) in [5, 5.41) is 3.23. The third-order valence-corrected chi connectivity index (χ3v) is 2.56. The minimum Gasteiger partial charge on any atom is -0.460 e. The van der Waals surface area contributed by atoms with E-state index in [2.05, 4.69) is 12.2 Å². The normalized spacial score (nSPS) is 29.6. The van der Waals surface area contributed by atoms with Gasteiger partial charge in [-0.1, -0.05) is 13.8 Å². The molecule has 0 aromatic rings. The molecule has 0 bridgehead atoms. The van der Waals surface area contributed by atoms with Gasteiger partial charge in [-0.2, -0.15) is 0 Å². The zero-order valence-corrected chi connectivity index (χ0v) is 8.95. The number of nitrogens with one attached hydrogen (secondary N) is 1. The Morgan fingerprint density at radius 2 is 2.36 bits per heavy atom.